The van der Waals surface area contributed by atoms with E-state index >= 15 is 0 Å². The molecule has 3 rings (SSSR count). The molecule has 13 heteroatoms. The maximum Gasteiger partial charge on any atom is 0.573 e. The van der Waals surface area contributed by atoms with Crippen LogP contribution < -0.4 is 14.8 Å². The van der Waals surface area contributed by atoms with E-state index < -0.39 is 41.6 Å². The monoisotopic (exact) mass is 477 g/mol. The van der Waals surface area contributed by atoms with E-state index in [2.05, 4.69) is 15.2 Å². The molecule has 0 aliphatic rings. The summed E-state index contributed by atoms with van der Waals surface area (Å²) in [7, 11) is 0. The maximum absolute atomic E-state index is 13.6. The Morgan fingerprint density at radius 1 is 0.970 bits per heavy atom. The molecule has 1 aromatic heterocycles. The Kier molecular flexibility index (Phi) is 6.79. The van der Waals surface area contributed by atoms with Crippen LogP contribution in [0.2, 0.25) is 0 Å². The number of benzene rings is 2. The lowest BCUT2D eigenvalue weighted by Gasteiger charge is -2.13. The zero-order chi connectivity index (χ0) is 24.2. The van der Waals surface area contributed by atoms with E-state index in [9.17, 15) is 35.5 Å². The Morgan fingerprint density at radius 2 is 1.61 bits per heavy atom. The molecule has 6 nitrogen and oxygen atoms in total. The highest BCUT2D eigenvalue weighted by molar-refractivity contribution is 5.70. The van der Waals surface area contributed by atoms with E-state index in [4.69, 9.17) is 4.74 Å². The average molecular weight is 477 g/mol. The van der Waals surface area contributed by atoms with Gasteiger partial charge in [-0.25, -0.2) is 13.9 Å². The zero-order valence-electron chi connectivity index (χ0n) is 16.4. The number of amides is 1. The zero-order valence-corrected chi connectivity index (χ0v) is 16.4. The second kappa shape index (κ2) is 9.38. The van der Waals surface area contributed by atoms with E-state index in [0.29, 0.717) is 16.4 Å². The van der Waals surface area contributed by atoms with Crippen molar-refractivity contribution < 1.29 is 45.0 Å². The first-order chi connectivity index (χ1) is 15.4. The molecule has 0 saturated heterocycles. The fourth-order valence-corrected chi connectivity index (χ4v) is 2.75. The van der Waals surface area contributed by atoms with Crippen molar-refractivity contribution in [3.05, 3.63) is 71.8 Å². The van der Waals surface area contributed by atoms with Gasteiger partial charge in [0.15, 0.2) is 11.4 Å². The van der Waals surface area contributed by atoms with Crippen LogP contribution in [0, 0.1) is 5.82 Å². The first-order valence-electron chi connectivity index (χ1n) is 9.14. The van der Waals surface area contributed by atoms with E-state index in [-0.39, 0.29) is 18.7 Å². The molecule has 0 fully saturated rings. The van der Waals surface area contributed by atoms with Crippen LogP contribution in [0.1, 0.15) is 11.3 Å². The van der Waals surface area contributed by atoms with Crippen molar-refractivity contribution in [2.24, 2.45) is 0 Å². The quantitative estimate of drug-likeness (QED) is 0.492. The smallest absolute Gasteiger partial charge is 0.406 e. The number of aromatic nitrogens is 2. The first kappa shape index (κ1) is 23.9. The van der Waals surface area contributed by atoms with Gasteiger partial charge >= 0.3 is 18.6 Å². The van der Waals surface area contributed by atoms with Crippen LogP contribution in [0.3, 0.4) is 0 Å². The largest absolute Gasteiger partial charge is 0.573 e. The minimum Gasteiger partial charge on any atom is -0.406 e. The second-order valence-corrected chi connectivity index (χ2v) is 6.50. The summed E-state index contributed by atoms with van der Waals surface area (Å²) in [6.45, 7) is 0.000617. The molecule has 3 aromatic rings. The molecule has 0 unspecified atom stereocenters. The number of rotatable bonds is 6. The number of nitrogens with one attached hydrogen (secondary N) is 1. The molecule has 0 spiro atoms. The second-order valence-electron chi connectivity index (χ2n) is 6.50. The molecule has 2 aromatic carbocycles. The molecule has 33 heavy (non-hydrogen) atoms. The highest BCUT2D eigenvalue weighted by Gasteiger charge is 2.40. The molecule has 1 amide bonds. The Balaban J connectivity index is 1.71. The summed E-state index contributed by atoms with van der Waals surface area (Å²) in [6.07, 6.45) is -10.2. The molecular weight excluding hydrogens is 463 g/mol. The SMILES string of the molecule is O=C(NCCc1ccc(F)cc1)Oc1cnn(-c2ccc(OC(F)(F)F)cc2)c1C(F)(F)F. The number of nitrogens with zero attached hydrogens (tertiary/aromatic N) is 2. The summed E-state index contributed by atoms with van der Waals surface area (Å²) >= 11 is 0. The standard InChI is InChI=1S/C20H14F7N3O3/c21-13-3-1-12(2-4-13)9-10-28-18(31)32-16-11-29-30(17(16)19(22,23)24)14-5-7-15(8-6-14)33-20(25,26)27/h1-8,11H,9-10H2,(H,28,31). The normalized spacial score (nSPS) is 11.8. The average Bonchev–Trinajstić information content (AvgIpc) is 3.13. The van der Waals surface area contributed by atoms with Crippen molar-refractivity contribution in [2.75, 3.05) is 6.54 Å². The van der Waals surface area contributed by atoms with E-state index in [1.807, 2.05) is 0 Å². The van der Waals surface area contributed by atoms with Gasteiger partial charge in [0.2, 0.25) is 0 Å². The van der Waals surface area contributed by atoms with Gasteiger partial charge in [-0.15, -0.1) is 13.2 Å². The molecule has 1 heterocycles. The van der Waals surface area contributed by atoms with Gasteiger partial charge in [-0.1, -0.05) is 12.1 Å². The fourth-order valence-electron chi connectivity index (χ4n) is 2.75. The predicted octanol–water partition coefficient (Wildman–Crippen LogP) is 5.26. The third-order valence-corrected chi connectivity index (χ3v) is 4.12. The van der Waals surface area contributed by atoms with Crippen LogP contribution in [0.25, 0.3) is 5.69 Å². The van der Waals surface area contributed by atoms with E-state index in [1.165, 1.54) is 24.3 Å². The van der Waals surface area contributed by atoms with Gasteiger partial charge in [0.1, 0.15) is 11.6 Å². The van der Waals surface area contributed by atoms with Crippen molar-refractivity contribution in [3.63, 3.8) is 0 Å². The number of carbonyl (C=O) groups is 1. The Hall–Kier alpha value is -3.77. The van der Waals surface area contributed by atoms with Crippen molar-refractivity contribution in [2.45, 2.75) is 19.0 Å². The highest BCUT2D eigenvalue weighted by Crippen LogP contribution is 2.38. The summed E-state index contributed by atoms with van der Waals surface area (Å²) in [5.74, 6) is -1.98. The van der Waals surface area contributed by atoms with Gasteiger partial charge in [-0.3, -0.25) is 0 Å². The molecule has 0 aliphatic carbocycles. The molecule has 1 N–H and O–H groups in total. The van der Waals surface area contributed by atoms with Crippen molar-refractivity contribution in [1.82, 2.24) is 15.1 Å². The van der Waals surface area contributed by atoms with Crippen LogP contribution in [0.15, 0.2) is 54.7 Å². The van der Waals surface area contributed by atoms with Crippen molar-refractivity contribution >= 4 is 6.09 Å². The van der Waals surface area contributed by atoms with Crippen LogP contribution in [0.4, 0.5) is 35.5 Å². The molecular formula is C20H14F7N3O3. The van der Waals surface area contributed by atoms with Gasteiger partial charge in [0, 0.05) is 6.54 Å². The third kappa shape index (κ3) is 6.60. The van der Waals surface area contributed by atoms with Gasteiger partial charge in [0.05, 0.1) is 11.9 Å². The minimum absolute atomic E-state index is 0.000617. The number of hydrogen-bond donors (Lipinski definition) is 1. The minimum atomic E-state index is -5.01. The summed E-state index contributed by atoms with van der Waals surface area (Å²) in [4.78, 5) is 11.9. The molecule has 0 aliphatic heterocycles. The van der Waals surface area contributed by atoms with Crippen LogP contribution >= 0.6 is 0 Å². The molecule has 176 valence electrons. The fraction of sp³-hybridized carbons (Fsp3) is 0.200. The van der Waals surface area contributed by atoms with Crippen LogP contribution in [0.5, 0.6) is 11.5 Å². The molecule has 0 saturated carbocycles. The van der Waals surface area contributed by atoms with Gasteiger partial charge in [0.25, 0.3) is 0 Å². The Morgan fingerprint density at radius 3 is 2.18 bits per heavy atom. The third-order valence-electron chi connectivity index (χ3n) is 4.12. The van der Waals surface area contributed by atoms with Crippen molar-refractivity contribution in [1.29, 1.82) is 0 Å². The van der Waals surface area contributed by atoms with Crippen LogP contribution in [-0.2, 0) is 12.6 Å². The summed E-state index contributed by atoms with van der Waals surface area (Å²) < 4.78 is 99.3. The van der Waals surface area contributed by atoms with Crippen molar-refractivity contribution in [3.8, 4) is 17.2 Å². The Labute approximate surface area is 181 Å². The van der Waals surface area contributed by atoms with E-state index in [0.717, 1.165) is 24.3 Å². The number of carbonyl (C=O) groups excluding carboxylic acids is 1. The number of hydrogen-bond acceptors (Lipinski definition) is 4. The van der Waals surface area contributed by atoms with Gasteiger partial charge in [-0.05, 0) is 48.4 Å². The van der Waals surface area contributed by atoms with Crippen LogP contribution in [-0.4, -0.2) is 28.8 Å². The summed E-state index contributed by atoms with van der Waals surface area (Å²) in [5, 5.41) is 5.81. The molecule has 0 bridgehead atoms. The van der Waals surface area contributed by atoms with Gasteiger partial charge in [-0.2, -0.15) is 18.3 Å². The molecule has 0 atom stereocenters. The topological polar surface area (TPSA) is 65.4 Å². The number of alkyl halides is 6. The summed E-state index contributed by atoms with van der Waals surface area (Å²) in [5.41, 5.74) is -1.01. The van der Waals surface area contributed by atoms with E-state index in [1.54, 1.807) is 0 Å². The highest BCUT2D eigenvalue weighted by atomic mass is 19.4. The van der Waals surface area contributed by atoms with Gasteiger partial charge < -0.3 is 14.8 Å². The number of halogens is 7. The molecule has 0 radical (unpaired) electrons. The lowest BCUT2D eigenvalue weighted by atomic mass is 10.1. The Bertz CT molecular complexity index is 1090. The lowest BCUT2D eigenvalue weighted by Crippen LogP contribution is -2.29. The number of ether oxygens (including phenoxy) is 2. The summed E-state index contributed by atoms with van der Waals surface area (Å²) in [6, 6.07) is 8.89. The first-order valence-corrected chi connectivity index (χ1v) is 9.14. The maximum atomic E-state index is 13.6. The predicted molar refractivity (Wildman–Crippen MR) is 99.4 cm³/mol. The lowest BCUT2D eigenvalue weighted by molar-refractivity contribution is -0.274.